The number of hydrogen-bond donors (Lipinski definition) is 1. The third kappa shape index (κ3) is 3.86. The lowest BCUT2D eigenvalue weighted by Gasteiger charge is -2.37. The van der Waals surface area contributed by atoms with Crippen molar-refractivity contribution in [3.8, 4) is 0 Å². The molecule has 25 heavy (non-hydrogen) atoms. The molecule has 1 spiro atoms. The highest BCUT2D eigenvalue weighted by Crippen LogP contribution is 2.31. The van der Waals surface area contributed by atoms with Crippen LogP contribution in [0, 0.1) is 13.8 Å². The lowest BCUT2D eigenvalue weighted by molar-refractivity contribution is -0.187. The van der Waals surface area contributed by atoms with Gasteiger partial charge in [0.25, 0.3) is 0 Å². The molecule has 3 rings (SSSR count). The fourth-order valence-electron chi connectivity index (χ4n) is 3.26. The van der Waals surface area contributed by atoms with Gasteiger partial charge in [0.2, 0.25) is 15.9 Å². The van der Waals surface area contributed by atoms with Crippen molar-refractivity contribution in [1.82, 2.24) is 14.8 Å². The summed E-state index contributed by atoms with van der Waals surface area (Å²) in [6, 6.07) is 0. The van der Waals surface area contributed by atoms with Crippen molar-refractivity contribution in [1.29, 1.82) is 0 Å². The number of amides is 1. The van der Waals surface area contributed by atoms with Crippen LogP contribution in [-0.2, 0) is 24.3 Å². The molecule has 2 aliphatic rings. The molecule has 2 fully saturated rings. The quantitative estimate of drug-likeness (QED) is 0.791. The van der Waals surface area contributed by atoms with Gasteiger partial charge in [0.15, 0.2) is 11.5 Å². The average Bonchev–Trinajstić information content (AvgIpc) is 3.15. The zero-order chi connectivity index (χ0) is 18.1. The molecular weight excluding hydrogens is 350 g/mol. The minimum absolute atomic E-state index is 0.0276. The number of carbonyl (C=O) groups excluding carboxylic acids is 1. The van der Waals surface area contributed by atoms with Gasteiger partial charge in [-0.3, -0.25) is 4.79 Å². The van der Waals surface area contributed by atoms with Crippen LogP contribution in [0.5, 0.6) is 0 Å². The molecule has 0 aliphatic carbocycles. The molecule has 1 N–H and O–H groups in total. The Labute approximate surface area is 146 Å². The smallest absolute Gasteiger partial charge is 0.245 e. The van der Waals surface area contributed by atoms with Gasteiger partial charge in [-0.1, -0.05) is 5.16 Å². The number of aryl methyl sites for hydroxylation is 2. The number of ether oxygens (including phenoxy) is 2. The molecule has 2 aliphatic heterocycles. The number of hydrogen-bond acceptors (Lipinski definition) is 7. The fraction of sp³-hybridized carbons (Fsp3) is 0.733. The maximum atomic E-state index is 12.3. The Kier molecular flexibility index (Phi) is 5.14. The monoisotopic (exact) mass is 373 g/mol. The molecule has 0 atom stereocenters. The molecule has 0 radical (unpaired) electrons. The van der Waals surface area contributed by atoms with E-state index in [-0.39, 0.29) is 29.5 Å². The van der Waals surface area contributed by atoms with E-state index in [1.54, 1.807) is 11.8 Å². The van der Waals surface area contributed by atoms with E-state index in [4.69, 9.17) is 14.0 Å². The molecule has 1 aromatic heterocycles. The molecule has 1 aromatic rings. The lowest BCUT2D eigenvalue weighted by Crippen LogP contribution is -2.47. The van der Waals surface area contributed by atoms with Crippen LogP contribution in [0.15, 0.2) is 9.42 Å². The molecule has 3 heterocycles. The minimum Gasteiger partial charge on any atom is -0.360 e. The van der Waals surface area contributed by atoms with Crippen LogP contribution in [0.2, 0.25) is 0 Å². The van der Waals surface area contributed by atoms with E-state index in [2.05, 4.69) is 9.88 Å². The molecule has 0 unspecified atom stereocenters. The van der Waals surface area contributed by atoms with Crippen LogP contribution >= 0.6 is 0 Å². The number of aromatic nitrogens is 1. The molecule has 9 nitrogen and oxygen atoms in total. The van der Waals surface area contributed by atoms with E-state index in [1.165, 1.54) is 6.92 Å². The third-order valence-corrected chi connectivity index (χ3v) is 6.26. The topological polar surface area (TPSA) is 111 Å². The summed E-state index contributed by atoms with van der Waals surface area (Å²) in [5.41, 5.74) is 0.300. The van der Waals surface area contributed by atoms with Crippen LogP contribution in [0.3, 0.4) is 0 Å². The first-order valence-electron chi connectivity index (χ1n) is 8.31. The molecule has 0 aromatic carbocycles. The second-order valence-electron chi connectivity index (χ2n) is 6.29. The van der Waals surface area contributed by atoms with E-state index >= 15 is 0 Å². The summed E-state index contributed by atoms with van der Waals surface area (Å²) in [6.07, 6.45) is 1.38. The molecular formula is C15H23N3O6S. The first-order valence-corrected chi connectivity index (χ1v) is 9.80. The third-order valence-electron chi connectivity index (χ3n) is 4.56. The number of likely N-dealkylation sites (tertiary alicyclic amines) is 1. The van der Waals surface area contributed by atoms with Crippen molar-refractivity contribution in [3.05, 3.63) is 11.5 Å². The molecule has 0 saturated carbocycles. The summed E-state index contributed by atoms with van der Waals surface area (Å²) in [7, 11) is -3.74. The SMILES string of the molecule is Cc1noc(C)c1S(=O)(=O)NCCC(=O)N1CCC2(CC1)OCCO2. The number of nitrogens with one attached hydrogen (secondary N) is 1. The Morgan fingerprint density at radius 2 is 1.88 bits per heavy atom. The normalized spacial score (nSPS) is 20.3. The van der Waals surface area contributed by atoms with Crippen molar-refractivity contribution in [2.24, 2.45) is 0 Å². The van der Waals surface area contributed by atoms with E-state index in [1.807, 2.05) is 0 Å². The second kappa shape index (κ2) is 7.02. The van der Waals surface area contributed by atoms with Crippen LogP contribution in [0.25, 0.3) is 0 Å². The molecule has 140 valence electrons. The summed E-state index contributed by atoms with van der Waals surface area (Å²) in [5, 5.41) is 3.64. The molecule has 2 saturated heterocycles. The van der Waals surface area contributed by atoms with Gasteiger partial charge >= 0.3 is 0 Å². The zero-order valence-corrected chi connectivity index (χ0v) is 15.2. The Morgan fingerprint density at radius 3 is 2.44 bits per heavy atom. The van der Waals surface area contributed by atoms with Gasteiger partial charge in [0, 0.05) is 38.9 Å². The van der Waals surface area contributed by atoms with Crippen molar-refractivity contribution in [2.75, 3.05) is 32.8 Å². The Bertz CT molecular complexity index is 709. The molecule has 10 heteroatoms. The van der Waals surface area contributed by atoms with Gasteiger partial charge in [0.05, 0.1) is 13.2 Å². The van der Waals surface area contributed by atoms with Gasteiger partial charge in [-0.15, -0.1) is 0 Å². The Morgan fingerprint density at radius 1 is 1.24 bits per heavy atom. The summed E-state index contributed by atoms with van der Waals surface area (Å²) in [4.78, 5) is 14.0. The van der Waals surface area contributed by atoms with Crippen LogP contribution in [0.1, 0.15) is 30.7 Å². The van der Waals surface area contributed by atoms with Crippen LogP contribution < -0.4 is 4.72 Å². The second-order valence-corrected chi connectivity index (χ2v) is 7.99. The number of nitrogens with zero attached hydrogens (tertiary/aromatic N) is 2. The summed E-state index contributed by atoms with van der Waals surface area (Å²) in [5.74, 6) is -0.384. The van der Waals surface area contributed by atoms with Crippen LogP contribution in [0.4, 0.5) is 0 Å². The summed E-state index contributed by atoms with van der Waals surface area (Å²) >= 11 is 0. The maximum absolute atomic E-state index is 12.3. The minimum atomic E-state index is -3.74. The molecule has 1 amide bonds. The van der Waals surface area contributed by atoms with E-state index in [0.717, 1.165) is 0 Å². The van der Waals surface area contributed by atoms with E-state index < -0.39 is 15.8 Å². The maximum Gasteiger partial charge on any atom is 0.245 e. The Hall–Kier alpha value is -1.49. The van der Waals surface area contributed by atoms with Crippen LogP contribution in [-0.4, -0.2) is 63.0 Å². The van der Waals surface area contributed by atoms with E-state index in [0.29, 0.717) is 44.8 Å². The fourth-order valence-corrected chi connectivity index (χ4v) is 4.62. The van der Waals surface area contributed by atoms with Gasteiger partial charge in [-0.05, 0) is 13.8 Å². The van der Waals surface area contributed by atoms with Gasteiger partial charge in [-0.2, -0.15) is 0 Å². The first kappa shape index (κ1) is 18.3. The summed E-state index contributed by atoms with van der Waals surface area (Å²) in [6.45, 7) is 5.42. The lowest BCUT2D eigenvalue weighted by atomic mass is 10.0. The predicted octanol–water partition coefficient (Wildman–Crippen LogP) is 0.325. The highest BCUT2D eigenvalue weighted by atomic mass is 32.2. The predicted molar refractivity (Wildman–Crippen MR) is 86.2 cm³/mol. The van der Waals surface area contributed by atoms with E-state index in [9.17, 15) is 13.2 Å². The number of sulfonamides is 1. The highest BCUT2D eigenvalue weighted by molar-refractivity contribution is 7.89. The zero-order valence-electron chi connectivity index (χ0n) is 14.4. The van der Waals surface area contributed by atoms with Gasteiger partial charge in [0.1, 0.15) is 10.6 Å². The first-order chi connectivity index (χ1) is 11.8. The van der Waals surface area contributed by atoms with Crippen molar-refractivity contribution < 1.29 is 27.2 Å². The standard InChI is InChI=1S/C15H23N3O6S/c1-11-14(12(2)24-17-11)25(20,21)16-6-3-13(19)18-7-4-15(5-8-18)22-9-10-23-15/h16H,3-10H2,1-2H3. The number of piperidine rings is 1. The van der Waals surface area contributed by atoms with Crippen molar-refractivity contribution in [3.63, 3.8) is 0 Å². The Balaban J connectivity index is 1.48. The number of carbonyl (C=O) groups is 1. The molecule has 0 bridgehead atoms. The number of rotatable bonds is 5. The van der Waals surface area contributed by atoms with Gasteiger partial charge in [-0.25, -0.2) is 13.1 Å². The van der Waals surface area contributed by atoms with Gasteiger partial charge < -0.3 is 18.9 Å². The summed E-state index contributed by atoms with van der Waals surface area (Å²) < 4.78 is 43.2. The average molecular weight is 373 g/mol. The highest BCUT2D eigenvalue weighted by Gasteiger charge is 2.40. The van der Waals surface area contributed by atoms with Crippen molar-refractivity contribution >= 4 is 15.9 Å². The largest absolute Gasteiger partial charge is 0.360 e. The van der Waals surface area contributed by atoms with Crippen molar-refractivity contribution in [2.45, 2.75) is 43.8 Å².